The predicted octanol–water partition coefficient (Wildman–Crippen LogP) is -1.55. The number of H-pyrrole nitrogens is 1. The molecule has 0 radical (unpaired) electrons. The highest BCUT2D eigenvalue weighted by atomic mass is 16.3. The van der Waals surface area contributed by atoms with Crippen LogP contribution in [0.15, 0.2) is 11.1 Å². The summed E-state index contributed by atoms with van der Waals surface area (Å²) in [7, 11) is 0. The summed E-state index contributed by atoms with van der Waals surface area (Å²) in [6.07, 6.45) is 0.682. The van der Waals surface area contributed by atoms with Gasteiger partial charge in [0.1, 0.15) is 0 Å². The molecule has 17 heavy (non-hydrogen) atoms. The summed E-state index contributed by atoms with van der Waals surface area (Å²) in [6.45, 7) is -0.164. The van der Waals surface area contributed by atoms with Gasteiger partial charge in [0.25, 0.3) is 5.56 Å². The van der Waals surface area contributed by atoms with Gasteiger partial charge in [0, 0.05) is 6.61 Å². The van der Waals surface area contributed by atoms with Crippen molar-refractivity contribution < 1.29 is 10.2 Å². The Morgan fingerprint density at radius 3 is 3.06 bits per heavy atom. The summed E-state index contributed by atoms with van der Waals surface area (Å²) >= 11 is 0. The second kappa shape index (κ2) is 4.52. The maximum Gasteiger partial charge on any atom is 0.281 e. The molecule has 0 aliphatic carbocycles. The number of hydrogen-bond donors (Lipinski definition) is 4. The van der Waals surface area contributed by atoms with Crippen molar-refractivity contribution in [2.75, 3.05) is 12.3 Å². The van der Waals surface area contributed by atoms with Gasteiger partial charge in [-0.2, -0.15) is 4.98 Å². The number of nitrogens with zero attached hydrogens (tertiary/aromatic N) is 3. The number of aromatic nitrogens is 4. The van der Waals surface area contributed by atoms with Crippen LogP contribution in [0.25, 0.3) is 11.2 Å². The van der Waals surface area contributed by atoms with Crippen molar-refractivity contribution in [2.24, 2.45) is 0 Å². The minimum absolute atomic E-state index is 0.00676. The molecular formula is C9H13N5O3. The second-order valence-corrected chi connectivity index (χ2v) is 3.65. The van der Waals surface area contributed by atoms with Gasteiger partial charge in [0.05, 0.1) is 19.0 Å². The highest BCUT2D eigenvalue weighted by Crippen LogP contribution is 2.05. The van der Waals surface area contributed by atoms with Crippen molar-refractivity contribution >= 4 is 17.1 Å². The molecule has 92 valence electrons. The number of aliphatic hydroxyl groups excluding tert-OH is 2. The number of nitrogens with one attached hydrogen (secondary N) is 1. The van der Waals surface area contributed by atoms with Crippen LogP contribution in [-0.4, -0.2) is 42.4 Å². The zero-order valence-electron chi connectivity index (χ0n) is 9.00. The molecule has 2 rings (SSSR count). The molecule has 0 aromatic carbocycles. The summed E-state index contributed by atoms with van der Waals surface area (Å²) in [5.41, 5.74) is 5.72. The molecule has 0 amide bonds. The van der Waals surface area contributed by atoms with E-state index in [0.29, 0.717) is 0 Å². The Morgan fingerprint density at radius 2 is 2.35 bits per heavy atom. The van der Waals surface area contributed by atoms with E-state index >= 15 is 0 Å². The summed E-state index contributed by atoms with van der Waals surface area (Å²) in [6, 6.07) is 0. The lowest BCUT2D eigenvalue weighted by atomic mass is 10.2. The summed E-state index contributed by atoms with van der Waals surface area (Å²) in [5, 5.41) is 18.2. The molecule has 0 aliphatic heterocycles. The van der Waals surface area contributed by atoms with Crippen LogP contribution in [0.4, 0.5) is 5.95 Å². The fourth-order valence-electron chi connectivity index (χ4n) is 1.56. The monoisotopic (exact) mass is 239 g/mol. The third kappa shape index (κ3) is 2.12. The molecule has 8 heteroatoms. The van der Waals surface area contributed by atoms with E-state index in [9.17, 15) is 9.90 Å². The van der Waals surface area contributed by atoms with Crippen LogP contribution in [0, 0.1) is 0 Å². The largest absolute Gasteiger partial charge is 0.396 e. The van der Waals surface area contributed by atoms with Crippen LogP contribution < -0.4 is 11.3 Å². The number of fused-ring (bicyclic) bond motifs is 1. The van der Waals surface area contributed by atoms with Gasteiger partial charge in [0.2, 0.25) is 5.95 Å². The number of rotatable bonds is 4. The first-order chi connectivity index (χ1) is 8.13. The molecule has 2 aromatic rings. The number of aliphatic hydroxyl groups is 2. The van der Waals surface area contributed by atoms with Crippen molar-refractivity contribution in [1.82, 2.24) is 19.5 Å². The predicted molar refractivity (Wildman–Crippen MR) is 60.3 cm³/mol. The van der Waals surface area contributed by atoms with Gasteiger partial charge in [-0.3, -0.25) is 9.36 Å². The smallest absolute Gasteiger partial charge is 0.281 e. The minimum atomic E-state index is -0.845. The van der Waals surface area contributed by atoms with Gasteiger partial charge in [-0.15, -0.1) is 0 Å². The quantitative estimate of drug-likeness (QED) is 0.510. The highest BCUT2D eigenvalue weighted by molar-refractivity contribution is 5.69. The molecule has 2 heterocycles. The molecule has 2 aromatic heterocycles. The molecule has 0 aliphatic rings. The molecule has 0 bridgehead atoms. The Kier molecular flexibility index (Phi) is 3.07. The van der Waals surface area contributed by atoms with Crippen LogP contribution >= 0.6 is 0 Å². The molecule has 0 fully saturated rings. The van der Waals surface area contributed by atoms with E-state index in [0.717, 1.165) is 4.57 Å². The zero-order valence-corrected chi connectivity index (χ0v) is 9.00. The number of anilines is 1. The van der Waals surface area contributed by atoms with Gasteiger partial charge in [0.15, 0.2) is 11.2 Å². The van der Waals surface area contributed by atoms with Gasteiger partial charge < -0.3 is 20.9 Å². The van der Waals surface area contributed by atoms with Gasteiger partial charge in [-0.25, -0.2) is 4.98 Å². The Balaban J connectivity index is 2.42. The fourth-order valence-corrected chi connectivity index (χ4v) is 1.56. The minimum Gasteiger partial charge on any atom is -0.396 e. The maximum atomic E-state index is 11.9. The van der Waals surface area contributed by atoms with Crippen molar-refractivity contribution in [2.45, 2.75) is 19.1 Å². The average molecular weight is 239 g/mol. The molecule has 0 saturated heterocycles. The Bertz CT molecular complexity index is 576. The van der Waals surface area contributed by atoms with Gasteiger partial charge >= 0.3 is 0 Å². The van der Waals surface area contributed by atoms with Crippen LogP contribution in [0.3, 0.4) is 0 Å². The first kappa shape index (κ1) is 11.6. The number of nitrogens with two attached hydrogens (primary N) is 1. The molecular weight excluding hydrogens is 226 g/mol. The van der Waals surface area contributed by atoms with E-state index in [1.165, 1.54) is 6.33 Å². The van der Waals surface area contributed by atoms with Crippen LogP contribution in [0.5, 0.6) is 0 Å². The van der Waals surface area contributed by atoms with Crippen molar-refractivity contribution in [3.63, 3.8) is 0 Å². The van der Waals surface area contributed by atoms with E-state index in [1.54, 1.807) is 0 Å². The molecule has 1 atom stereocenters. The van der Waals surface area contributed by atoms with Crippen LogP contribution in [-0.2, 0) is 6.54 Å². The zero-order chi connectivity index (χ0) is 12.4. The average Bonchev–Trinajstić information content (AvgIpc) is 2.72. The molecule has 0 spiro atoms. The Labute approximate surface area is 95.7 Å². The first-order valence-electron chi connectivity index (χ1n) is 5.11. The molecule has 5 N–H and O–H groups in total. The van der Waals surface area contributed by atoms with Crippen LogP contribution in [0.1, 0.15) is 6.42 Å². The van der Waals surface area contributed by atoms with Crippen molar-refractivity contribution in [1.29, 1.82) is 0 Å². The number of nitrogen functional groups attached to an aromatic ring is 1. The van der Waals surface area contributed by atoms with Crippen LogP contribution in [0.2, 0.25) is 0 Å². The summed E-state index contributed by atoms with van der Waals surface area (Å²) in [4.78, 5) is 22.4. The lowest BCUT2D eigenvalue weighted by Crippen LogP contribution is -2.30. The van der Waals surface area contributed by atoms with E-state index in [-0.39, 0.29) is 42.2 Å². The third-order valence-electron chi connectivity index (χ3n) is 2.43. The molecule has 0 saturated carbocycles. The number of imidazole rings is 1. The number of hydrogen-bond acceptors (Lipinski definition) is 6. The van der Waals surface area contributed by atoms with Crippen molar-refractivity contribution in [3.8, 4) is 0 Å². The second-order valence-electron chi connectivity index (χ2n) is 3.65. The van der Waals surface area contributed by atoms with E-state index in [4.69, 9.17) is 10.8 Å². The van der Waals surface area contributed by atoms with E-state index in [1.807, 2.05) is 0 Å². The van der Waals surface area contributed by atoms with E-state index in [2.05, 4.69) is 15.0 Å². The molecule has 8 nitrogen and oxygen atoms in total. The lowest BCUT2D eigenvalue weighted by Gasteiger charge is -2.12. The summed E-state index contributed by atoms with van der Waals surface area (Å²) in [5.74, 6) is -0.00779. The molecule has 1 unspecified atom stereocenters. The third-order valence-corrected chi connectivity index (χ3v) is 2.43. The van der Waals surface area contributed by atoms with Gasteiger partial charge in [-0.05, 0) is 6.42 Å². The standard InChI is InChI=1S/C9H13N5O3/c10-9-13-7-6(11-4-12-7)8(17)14(9)3-5(16)1-2-15/h4-5,15-16H,1-3H2,(H2,10,13)(H,11,12). The lowest BCUT2D eigenvalue weighted by molar-refractivity contribution is 0.116. The maximum absolute atomic E-state index is 11.9. The Morgan fingerprint density at radius 1 is 1.59 bits per heavy atom. The Hall–Kier alpha value is -1.93. The first-order valence-corrected chi connectivity index (χ1v) is 5.11. The fraction of sp³-hybridized carbons (Fsp3) is 0.444. The SMILES string of the molecule is Nc1nc2nc[nH]c2c(=O)n1CC(O)CCO. The topological polar surface area (TPSA) is 130 Å². The van der Waals surface area contributed by atoms with Gasteiger partial charge in [-0.1, -0.05) is 0 Å². The number of aromatic amines is 1. The summed E-state index contributed by atoms with van der Waals surface area (Å²) < 4.78 is 1.15. The van der Waals surface area contributed by atoms with Crippen molar-refractivity contribution in [3.05, 3.63) is 16.7 Å². The highest BCUT2D eigenvalue weighted by Gasteiger charge is 2.13. The van der Waals surface area contributed by atoms with E-state index < -0.39 is 6.10 Å². The normalized spacial score (nSPS) is 13.1.